The van der Waals surface area contributed by atoms with Crippen molar-refractivity contribution in [3.63, 3.8) is 0 Å². The third-order valence-electron chi connectivity index (χ3n) is 5.90. The molecule has 4 rings (SSSR count). The molecule has 0 heterocycles. The number of rotatable bonds is 10. The predicted molar refractivity (Wildman–Crippen MR) is 138 cm³/mol. The monoisotopic (exact) mass is 576 g/mol. The molecular formula is C26H24O11S2. The zero-order valence-electron chi connectivity index (χ0n) is 20.3. The molecule has 0 fully saturated rings. The number of ether oxygens (including phenoxy) is 3. The first-order valence-electron chi connectivity index (χ1n) is 11.6. The van der Waals surface area contributed by atoms with E-state index in [1.54, 1.807) is 24.3 Å². The predicted octanol–water partition coefficient (Wildman–Crippen LogP) is 2.99. The first kappa shape index (κ1) is 28.2. The van der Waals surface area contributed by atoms with Crippen LogP contribution < -0.4 is 4.74 Å². The third kappa shape index (κ3) is 7.63. The van der Waals surface area contributed by atoms with Crippen LogP contribution in [0.15, 0.2) is 66.7 Å². The Morgan fingerprint density at radius 2 is 1.33 bits per heavy atom. The van der Waals surface area contributed by atoms with E-state index in [0.717, 1.165) is 16.7 Å². The summed E-state index contributed by atoms with van der Waals surface area (Å²) in [6, 6.07) is 18.5. The number of benzene rings is 3. The highest BCUT2D eigenvalue weighted by Crippen LogP contribution is 2.39. The summed E-state index contributed by atoms with van der Waals surface area (Å²) in [7, 11) is -8.54. The van der Waals surface area contributed by atoms with Crippen molar-refractivity contribution in [2.45, 2.75) is 12.3 Å². The van der Waals surface area contributed by atoms with Crippen molar-refractivity contribution in [2.75, 3.05) is 24.7 Å². The maximum Gasteiger partial charge on any atom is 0.338 e. The molecule has 0 saturated heterocycles. The molecule has 1 unspecified atom stereocenters. The summed E-state index contributed by atoms with van der Waals surface area (Å²) in [4.78, 5) is 25.1. The average molecular weight is 577 g/mol. The van der Waals surface area contributed by atoms with Gasteiger partial charge in [0.15, 0.2) is 0 Å². The van der Waals surface area contributed by atoms with Gasteiger partial charge in [-0.25, -0.2) is 4.79 Å². The Hall–Kier alpha value is -3.78. The molecule has 1 atom stereocenters. The Morgan fingerprint density at radius 3 is 2.00 bits per heavy atom. The summed E-state index contributed by atoms with van der Waals surface area (Å²) in [5.41, 5.74) is 3.28. The second-order valence-electron chi connectivity index (χ2n) is 8.67. The summed E-state index contributed by atoms with van der Waals surface area (Å²) in [5, 5.41) is 0. The van der Waals surface area contributed by atoms with Gasteiger partial charge in [-0.2, -0.15) is 16.8 Å². The van der Waals surface area contributed by atoms with E-state index in [2.05, 4.69) is 0 Å². The molecule has 11 nitrogen and oxygen atoms in total. The maximum absolute atomic E-state index is 13.1. The van der Waals surface area contributed by atoms with Crippen molar-refractivity contribution in [1.29, 1.82) is 0 Å². The molecule has 0 saturated carbocycles. The van der Waals surface area contributed by atoms with Gasteiger partial charge >= 0.3 is 11.9 Å². The molecule has 1 aliphatic carbocycles. The number of hydrogen-bond donors (Lipinski definition) is 2. The highest BCUT2D eigenvalue weighted by molar-refractivity contribution is 7.86. The molecule has 3 aromatic carbocycles. The lowest BCUT2D eigenvalue weighted by Gasteiger charge is -2.27. The van der Waals surface area contributed by atoms with Crippen LogP contribution in [0, 0.1) is 0 Å². The van der Waals surface area contributed by atoms with Crippen LogP contribution in [-0.4, -0.2) is 62.6 Å². The van der Waals surface area contributed by atoms with Gasteiger partial charge in [0.05, 0.1) is 5.56 Å². The number of esters is 2. The second-order valence-corrected chi connectivity index (χ2v) is 11.8. The second kappa shape index (κ2) is 11.5. The molecule has 0 bridgehead atoms. The summed E-state index contributed by atoms with van der Waals surface area (Å²) in [6.45, 7) is -0.986. The zero-order valence-corrected chi connectivity index (χ0v) is 22.0. The van der Waals surface area contributed by atoms with Crippen molar-refractivity contribution in [3.05, 3.63) is 94.5 Å². The van der Waals surface area contributed by atoms with Gasteiger partial charge in [0, 0.05) is 0 Å². The first-order valence-corrected chi connectivity index (χ1v) is 14.8. The highest BCUT2D eigenvalue weighted by Gasteiger charge is 2.32. The van der Waals surface area contributed by atoms with E-state index in [-0.39, 0.29) is 5.56 Å². The van der Waals surface area contributed by atoms with Gasteiger partial charge in [-0.1, -0.05) is 30.3 Å². The number of carbonyl (C=O) groups excluding carboxylic acids is 2. The van der Waals surface area contributed by atoms with E-state index in [9.17, 15) is 26.4 Å². The molecule has 0 aliphatic heterocycles. The lowest BCUT2D eigenvalue weighted by molar-refractivity contribution is -0.143. The molecule has 39 heavy (non-hydrogen) atoms. The Balaban J connectivity index is 1.51. The van der Waals surface area contributed by atoms with E-state index in [1.165, 1.54) is 24.3 Å². The van der Waals surface area contributed by atoms with E-state index in [1.807, 2.05) is 18.2 Å². The molecule has 0 radical (unpaired) electrons. The largest absolute Gasteiger partial charge is 0.464 e. The minimum absolute atomic E-state index is 0.146. The summed E-state index contributed by atoms with van der Waals surface area (Å²) >= 11 is 0. The Bertz CT molecular complexity index is 1600. The molecule has 2 N–H and O–H groups in total. The van der Waals surface area contributed by atoms with Crippen LogP contribution in [-0.2, 0) is 40.9 Å². The van der Waals surface area contributed by atoms with Crippen molar-refractivity contribution >= 4 is 32.2 Å². The van der Waals surface area contributed by atoms with Crippen LogP contribution >= 0.6 is 0 Å². The molecular weight excluding hydrogens is 552 g/mol. The third-order valence-corrected chi connectivity index (χ3v) is 7.26. The van der Waals surface area contributed by atoms with Gasteiger partial charge in [0.1, 0.15) is 42.1 Å². The van der Waals surface area contributed by atoms with E-state index in [4.69, 9.17) is 23.3 Å². The van der Waals surface area contributed by atoms with E-state index < -0.39 is 62.8 Å². The first-order chi connectivity index (χ1) is 18.4. The average Bonchev–Trinajstić information content (AvgIpc) is 2.86. The van der Waals surface area contributed by atoms with Crippen molar-refractivity contribution in [3.8, 4) is 11.5 Å². The number of carbonyl (C=O) groups is 2. The molecule has 0 aromatic heterocycles. The van der Waals surface area contributed by atoms with Gasteiger partial charge in [-0.3, -0.25) is 13.9 Å². The minimum atomic E-state index is -4.29. The van der Waals surface area contributed by atoms with Gasteiger partial charge in [-0.15, -0.1) is 0 Å². The van der Waals surface area contributed by atoms with Gasteiger partial charge in [0.2, 0.25) is 0 Å². The summed E-state index contributed by atoms with van der Waals surface area (Å²) < 4.78 is 77.2. The summed E-state index contributed by atoms with van der Waals surface area (Å²) in [5.74, 6) is -2.94. The van der Waals surface area contributed by atoms with Crippen LogP contribution in [0.25, 0.3) is 0 Å². The Labute approximate surface area is 224 Å². The van der Waals surface area contributed by atoms with Gasteiger partial charge in [0.25, 0.3) is 20.2 Å². The lowest BCUT2D eigenvalue weighted by Crippen LogP contribution is -2.25. The molecule has 13 heteroatoms. The Kier molecular flexibility index (Phi) is 8.35. The molecule has 1 aliphatic rings. The fraction of sp³-hybridized carbons (Fsp3) is 0.231. The van der Waals surface area contributed by atoms with Crippen LogP contribution in [0.4, 0.5) is 0 Å². The van der Waals surface area contributed by atoms with Crippen molar-refractivity contribution < 1.29 is 49.7 Å². The van der Waals surface area contributed by atoms with Crippen LogP contribution in [0.3, 0.4) is 0 Å². The minimum Gasteiger partial charge on any atom is -0.464 e. The maximum atomic E-state index is 13.1. The van der Waals surface area contributed by atoms with Gasteiger partial charge in [-0.05, 0) is 65.1 Å². The van der Waals surface area contributed by atoms with E-state index in [0.29, 0.717) is 23.5 Å². The van der Waals surface area contributed by atoms with Crippen LogP contribution in [0.1, 0.15) is 38.5 Å². The Morgan fingerprint density at radius 1 is 0.744 bits per heavy atom. The normalized spacial score (nSPS) is 14.6. The lowest BCUT2D eigenvalue weighted by atomic mass is 9.78. The summed E-state index contributed by atoms with van der Waals surface area (Å²) in [6.07, 6.45) is 0.564. The van der Waals surface area contributed by atoms with Crippen LogP contribution in [0.5, 0.6) is 11.5 Å². The van der Waals surface area contributed by atoms with Crippen molar-refractivity contribution in [1.82, 2.24) is 0 Å². The molecule has 3 aromatic rings. The molecule has 206 valence electrons. The number of hydrogen-bond acceptors (Lipinski definition) is 9. The number of fused-ring (bicyclic) bond motifs is 2. The smallest absolute Gasteiger partial charge is 0.338 e. The zero-order chi connectivity index (χ0) is 28.2. The van der Waals surface area contributed by atoms with Gasteiger partial charge < -0.3 is 14.2 Å². The van der Waals surface area contributed by atoms with Crippen molar-refractivity contribution in [2.24, 2.45) is 0 Å². The molecule has 0 spiro atoms. The fourth-order valence-electron chi connectivity index (χ4n) is 4.12. The van der Waals surface area contributed by atoms with Crippen LogP contribution in [0.2, 0.25) is 0 Å². The standard InChI is InChI=1S/C26H24O11S2/c27-25(35-11-13-38(29,30)31)17-5-8-20(9-6-17)37-21-10-7-19-15-18-3-1-2-4-22(18)24(23(19)16-21)26(28)36-12-14-39(32,33)34/h1-10,16,24H,11-15H2,(H,29,30,31)(H,32,33,34). The highest BCUT2D eigenvalue weighted by atomic mass is 32.2. The topological polar surface area (TPSA) is 171 Å². The quantitative estimate of drug-likeness (QED) is 0.269. The van der Waals surface area contributed by atoms with E-state index >= 15 is 0 Å². The fourth-order valence-corrected chi connectivity index (χ4v) is 4.71. The molecule has 0 amide bonds. The SMILES string of the molecule is O=C(OCCS(=O)(=O)O)c1ccc(Oc2ccc3c(c2)C(C(=O)OCCS(=O)(=O)O)c2ccccc2C3)cc1.